The average Bonchev–Trinajstić information content (AvgIpc) is 2.76. The summed E-state index contributed by atoms with van der Waals surface area (Å²) in [5, 5.41) is 14.3. The first kappa shape index (κ1) is 14.7. The van der Waals surface area contributed by atoms with Gasteiger partial charge in [0.2, 0.25) is 0 Å². The number of thioether (sulfide) groups is 1. The Morgan fingerprint density at radius 1 is 1.35 bits per heavy atom. The lowest BCUT2D eigenvalue weighted by Gasteiger charge is -2.04. The molecule has 0 fully saturated rings. The van der Waals surface area contributed by atoms with E-state index in [0.29, 0.717) is 6.42 Å². The molecule has 0 amide bonds. The highest BCUT2D eigenvalue weighted by Crippen LogP contribution is 2.24. The van der Waals surface area contributed by atoms with Crippen molar-refractivity contribution in [1.29, 1.82) is 0 Å². The number of hydrogen-bond donors (Lipinski definition) is 1. The summed E-state index contributed by atoms with van der Waals surface area (Å²) in [6, 6.07) is 10.2. The summed E-state index contributed by atoms with van der Waals surface area (Å²) in [6.07, 6.45) is 0.516. The largest absolute Gasteiger partial charge is 0.395 e. The van der Waals surface area contributed by atoms with E-state index in [2.05, 4.69) is 29.1 Å². The maximum atomic E-state index is 8.78. The van der Waals surface area contributed by atoms with Crippen LogP contribution < -0.4 is 0 Å². The summed E-state index contributed by atoms with van der Waals surface area (Å²) < 4.78 is 1.90. The van der Waals surface area contributed by atoms with Gasteiger partial charge in [0.15, 0.2) is 0 Å². The first-order valence-corrected chi connectivity index (χ1v) is 7.50. The SMILES string of the molecule is Cc1cc(SCc2ccccc2C#CCCO)n(C)n1. The molecule has 0 saturated heterocycles. The van der Waals surface area contributed by atoms with Crippen molar-refractivity contribution in [3.05, 3.63) is 47.2 Å². The van der Waals surface area contributed by atoms with E-state index in [4.69, 9.17) is 5.11 Å². The van der Waals surface area contributed by atoms with Gasteiger partial charge in [-0.3, -0.25) is 4.68 Å². The second-order valence-corrected chi connectivity index (χ2v) is 5.46. The lowest BCUT2D eigenvalue weighted by atomic mass is 10.1. The number of aromatic nitrogens is 2. The Balaban J connectivity index is 2.10. The van der Waals surface area contributed by atoms with E-state index in [1.165, 1.54) is 5.56 Å². The van der Waals surface area contributed by atoms with Gasteiger partial charge in [0, 0.05) is 24.8 Å². The van der Waals surface area contributed by atoms with Crippen LogP contribution in [0.4, 0.5) is 0 Å². The predicted octanol–water partition coefficient (Wildman–Crippen LogP) is 2.75. The van der Waals surface area contributed by atoms with Crippen molar-refractivity contribution in [1.82, 2.24) is 9.78 Å². The van der Waals surface area contributed by atoms with Gasteiger partial charge in [-0.2, -0.15) is 5.10 Å². The monoisotopic (exact) mass is 286 g/mol. The van der Waals surface area contributed by atoms with Crippen molar-refractivity contribution in [2.75, 3.05) is 6.61 Å². The Morgan fingerprint density at radius 3 is 2.85 bits per heavy atom. The van der Waals surface area contributed by atoms with Gasteiger partial charge < -0.3 is 5.11 Å². The summed E-state index contributed by atoms with van der Waals surface area (Å²) in [5.41, 5.74) is 3.28. The molecule has 2 aromatic rings. The Kier molecular flexibility index (Phi) is 5.28. The number of aliphatic hydroxyl groups excluding tert-OH is 1. The molecule has 0 aliphatic carbocycles. The zero-order chi connectivity index (χ0) is 14.4. The summed E-state index contributed by atoms with van der Waals surface area (Å²) in [5.74, 6) is 6.97. The highest BCUT2D eigenvalue weighted by atomic mass is 32.2. The molecule has 0 unspecified atom stereocenters. The number of aryl methyl sites for hydroxylation is 2. The van der Waals surface area contributed by atoms with Crippen LogP contribution in [0.1, 0.15) is 23.2 Å². The van der Waals surface area contributed by atoms with E-state index < -0.39 is 0 Å². The van der Waals surface area contributed by atoms with Gasteiger partial charge in [-0.05, 0) is 24.6 Å². The van der Waals surface area contributed by atoms with Crippen molar-refractivity contribution in [3.8, 4) is 11.8 Å². The Bertz CT molecular complexity index is 637. The second-order valence-electron chi connectivity index (χ2n) is 4.47. The van der Waals surface area contributed by atoms with Gasteiger partial charge in [0.25, 0.3) is 0 Å². The van der Waals surface area contributed by atoms with Gasteiger partial charge >= 0.3 is 0 Å². The molecule has 0 bridgehead atoms. The molecular weight excluding hydrogens is 268 g/mol. The summed E-state index contributed by atoms with van der Waals surface area (Å²) >= 11 is 1.76. The van der Waals surface area contributed by atoms with Crippen molar-refractivity contribution in [2.45, 2.75) is 24.1 Å². The third kappa shape index (κ3) is 3.89. The molecule has 104 valence electrons. The fraction of sp³-hybridized carbons (Fsp3) is 0.312. The topological polar surface area (TPSA) is 38.0 Å². The van der Waals surface area contributed by atoms with Crippen LogP contribution in [-0.4, -0.2) is 21.5 Å². The average molecular weight is 286 g/mol. The molecule has 1 aromatic heterocycles. The van der Waals surface area contributed by atoms with Gasteiger partial charge in [0.05, 0.1) is 17.3 Å². The summed E-state index contributed by atoms with van der Waals surface area (Å²) in [4.78, 5) is 0. The minimum absolute atomic E-state index is 0.109. The number of hydrogen-bond acceptors (Lipinski definition) is 3. The highest BCUT2D eigenvalue weighted by molar-refractivity contribution is 7.98. The molecule has 0 radical (unpaired) electrons. The predicted molar refractivity (Wildman–Crippen MR) is 82.5 cm³/mol. The fourth-order valence-corrected chi connectivity index (χ4v) is 2.89. The zero-order valence-corrected chi connectivity index (χ0v) is 12.6. The lowest BCUT2D eigenvalue weighted by Crippen LogP contribution is -1.93. The molecule has 0 saturated carbocycles. The molecule has 4 heteroatoms. The molecule has 0 aliphatic rings. The van der Waals surface area contributed by atoms with Gasteiger partial charge in [-0.15, -0.1) is 11.8 Å². The quantitative estimate of drug-likeness (QED) is 0.694. The first-order chi connectivity index (χ1) is 9.70. The van der Waals surface area contributed by atoms with Crippen LogP contribution >= 0.6 is 11.8 Å². The minimum atomic E-state index is 0.109. The molecule has 2 rings (SSSR count). The highest BCUT2D eigenvalue weighted by Gasteiger charge is 2.05. The number of benzene rings is 1. The van der Waals surface area contributed by atoms with Crippen LogP contribution in [0.2, 0.25) is 0 Å². The van der Waals surface area contributed by atoms with E-state index in [9.17, 15) is 0 Å². The molecule has 1 heterocycles. The molecule has 0 spiro atoms. The van der Waals surface area contributed by atoms with Crippen LogP contribution in [0.3, 0.4) is 0 Å². The second kappa shape index (κ2) is 7.18. The van der Waals surface area contributed by atoms with Crippen molar-refractivity contribution in [2.24, 2.45) is 7.05 Å². The van der Waals surface area contributed by atoms with E-state index in [-0.39, 0.29) is 6.61 Å². The first-order valence-electron chi connectivity index (χ1n) is 6.52. The van der Waals surface area contributed by atoms with Crippen LogP contribution in [-0.2, 0) is 12.8 Å². The van der Waals surface area contributed by atoms with E-state index >= 15 is 0 Å². The van der Waals surface area contributed by atoms with E-state index in [0.717, 1.165) is 22.0 Å². The fourth-order valence-electron chi connectivity index (χ4n) is 1.86. The van der Waals surface area contributed by atoms with E-state index in [1.54, 1.807) is 11.8 Å². The Morgan fingerprint density at radius 2 is 2.15 bits per heavy atom. The molecule has 1 aromatic carbocycles. The minimum Gasteiger partial charge on any atom is -0.395 e. The normalized spacial score (nSPS) is 10.2. The lowest BCUT2D eigenvalue weighted by molar-refractivity contribution is 0.305. The summed E-state index contributed by atoms with van der Waals surface area (Å²) in [7, 11) is 1.96. The van der Waals surface area contributed by atoms with Gasteiger partial charge in [0.1, 0.15) is 0 Å². The maximum absolute atomic E-state index is 8.78. The molecule has 1 N–H and O–H groups in total. The van der Waals surface area contributed by atoms with Crippen molar-refractivity contribution < 1.29 is 5.11 Å². The molecule has 0 aliphatic heterocycles. The molecule has 20 heavy (non-hydrogen) atoms. The molecule has 0 atom stereocenters. The molecular formula is C16H18N2OS. The smallest absolute Gasteiger partial charge is 0.0942 e. The van der Waals surface area contributed by atoms with Crippen molar-refractivity contribution >= 4 is 11.8 Å². The third-order valence-electron chi connectivity index (χ3n) is 2.81. The molecule has 3 nitrogen and oxygen atoms in total. The van der Waals surface area contributed by atoms with Crippen LogP contribution in [0.25, 0.3) is 0 Å². The Hall–Kier alpha value is -1.70. The number of rotatable bonds is 4. The van der Waals surface area contributed by atoms with Crippen LogP contribution in [0, 0.1) is 18.8 Å². The van der Waals surface area contributed by atoms with Gasteiger partial charge in [-0.1, -0.05) is 30.0 Å². The Labute approximate surface area is 124 Å². The van der Waals surface area contributed by atoms with Crippen molar-refractivity contribution in [3.63, 3.8) is 0 Å². The zero-order valence-electron chi connectivity index (χ0n) is 11.8. The van der Waals surface area contributed by atoms with Gasteiger partial charge in [-0.25, -0.2) is 0 Å². The maximum Gasteiger partial charge on any atom is 0.0942 e. The van der Waals surface area contributed by atoms with Crippen LogP contribution in [0.15, 0.2) is 35.4 Å². The number of aliphatic hydroxyl groups is 1. The van der Waals surface area contributed by atoms with E-state index in [1.807, 2.05) is 36.9 Å². The number of nitrogens with zero attached hydrogens (tertiary/aromatic N) is 2. The standard InChI is InChI=1S/C16H18N2OS/c1-13-11-16(18(2)17-13)20-12-15-9-4-3-7-14(15)8-5-6-10-19/h3-4,7,9,11,19H,6,10,12H2,1-2H3. The summed E-state index contributed by atoms with van der Waals surface area (Å²) in [6.45, 7) is 2.11. The van der Waals surface area contributed by atoms with Crippen LogP contribution in [0.5, 0.6) is 0 Å². The third-order valence-corrected chi connectivity index (χ3v) is 3.95.